The summed E-state index contributed by atoms with van der Waals surface area (Å²) in [5.74, 6) is 0.132. The average molecular weight is 385 g/mol. The van der Waals surface area contributed by atoms with Crippen molar-refractivity contribution in [2.45, 2.75) is 18.4 Å². The van der Waals surface area contributed by atoms with Gasteiger partial charge in [-0.1, -0.05) is 54.6 Å². The molecule has 1 saturated heterocycles. The van der Waals surface area contributed by atoms with Crippen molar-refractivity contribution in [3.8, 4) is 5.75 Å². The number of hydrogen-bond acceptors (Lipinski definition) is 3. The molecule has 0 aliphatic carbocycles. The van der Waals surface area contributed by atoms with E-state index in [1.165, 1.54) is 21.9 Å². The molecule has 0 atom stereocenters. The van der Waals surface area contributed by atoms with Crippen molar-refractivity contribution < 1.29 is 14.6 Å². The van der Waals surface area contributed by atoms with Crippen LogP contribution in [0.1, 0.15) is 24.0 Å². The Bertz CT molecular complexity index is 1110. The lowest BCUT2D eigenvalue weighted by Crippen LogP contribution is -2.49. The first kappa shape index (κ1) is 18.0. The molecule has 1 N–H and O–H groups in total. The Hall–Kier alpha value is -3.11. The molecule has 0 bridgehead atoms. The number of carboxylic acid groups (broad SMARTS) is 1. The van der Waals surface area contributed by atoms with Crippen LogP contribution in [0.15, 0.2) is 72.8 Å². The first-order valence-electron chi connectivity index (χ1n) is 10.1. The van der Waals surface area contributed by atoms with Crippen LogP contribution < -0.4 is 4.74 Å². The Balaban J connectivity index is 1.55. The van der Waals surface area contributed by atoms with Crippen LogP contribution in [0.3, 0.4) is 0 Å². The van der Waals surface area contributed by atoms with E-state index in [0.29, 0.717) is 0 Å². The van der Waals surface area contributed by atoms with Crippen LogP contribution in [-0.4, -0.2) is 41.2 Å². The molecule has 2 heterocycles. The normalized spacial score (nSPS) is 18.1. The van der Waals surface area contributed by atoms with Crippen LogP contribution >= 0.6 is 0 Å². The van der Waals surface area contributed by atoms with Gasteiger partial charge in [0.1, 0.15) is 11.4 Å². The van der Waals surface area contributed by atoms with Crippen molar-refractivity contribution in [1.29, 1.82) is 0 Å². The van der Waals surface area contributed by atoms with Gasteiger partial charge < -0.3 is 9.84 Å². The Morgan fingerprint density at radius 2 is 1.69 bits per heavy atom. The number of carboxylic acids is 1. The van der Waals surface area contributed by atoms with E-state index in [2.05, 4.69) is 54.6 Å². The number of aliphatic carboxylic acids is 1. The Labute approximate surface area is 170 Å². The predicted octanol–water partition coefficient (Wildman–Crippen LogP) is 4.58. The molecule has 0 saturated carbocycles. The molecule has 3 aromatic carbocycles. The maximum Gasteiger partial charge on any atom is 0.317 e. The van der Waals surface area contributed by atoms with E-state index in [0.717, 1.165) is 37.2 Å². The molecule has 0 amide bonds. The fourth-order valence-electron chi connectivity index (χ4n) is 4.49. The second-order valence-corrected chi connectivity index (χ2v) is 7.95. The van der Waals surface area contributed by atoms with Crippen LogP contribution in [-0.2, 0) is 4.79 Å². The van der Waals surface area contributed by atoms with Gasteiger partial charge in [0.15, 0.2) is 0 Å². The molecular weight excluding hydrogens is 362 g/mol. The molecule has 2 aliphatic heterocycles. The van der Waals surface area contributed by atoms with Crippen molar-refractivity contribution in [1.82, 2.24) is 4.90 Å². The van der Waals surface area contributed by atoms with Gasteiger partial charge in [-0.3, -0.25) is 9.69 Å². The summed E-state index contributed by atoms with van der Waals surface area (Å²) in [6, 6.07) is 23.2. The minimum Gasteiger partial charge on any atom is -0.482 e. The van der Waals surface area contributed by atoms with Gasteiger partial charge in [-0.2, -0.15) is 0 Å². The second kappa shape index (κ2) is 7.05. The fourth-order valence-corrected chi connectivity index (χ4v) is 4.49. The molecule has 1 spiro atoms. The maximum atomic E-state index is 11.1. The van der Waals surface area contributed by atoms with E-state index in [1.54, 1.807) is 0 Å². The lowest BCUT2D eigenvalue weighted by Gasteiger charge is -2.42. The second-order valence-electron chi connectivity index (χ2n) is 7.95. The van der Waals surface area contributed by atoms with Gasteiger partial charge >= 0.3 is 5.97 Å². The number of piperidine rings is 1. The van der Waals surface area contributed by atoms with E-state index < -0.39 is 5.97 Å². The van der Waals surface area contributed by atoms with Gasteiger partial charge in [-0.15, -0.1) is 0 Å². The highest BCUT2D eigenvalue weighted by molar-refractivity contribution is 5.91. The molecule has 146 valence electrons. The molecule has 2 aliphatic rings. The summed E-state index contributed by atoms with van der Waals surface area (Å²) >= 11 is 0. The molecule has 1 fully saturated rings. The van der Waals surface area contributed by atoms with Gasteiger partial charge in [0, 0.05) is 31.5 Å². The van der Waals surface area contributed by atoms with Crippen molar-refractivity contribution in [2.24, 2.45) is 0 Å². The van der Waals surface area contributed by atoms with Gasteiger partial charge in [-0.05, 0) is 40.1 Å². The molecule has 3 aromatic rings. The molecule has 29 heavy (non-hydrogen) atoms. The number of likely N-dealkylation sites (tertiary alicyclic amines) is 1. The molecule has 4 nitrogen and oxygen atoms in total. The lowest BCUT2D eigenvalue weighted by molar-refractivity contribution is -0.139. The summed E-state index contributed by atoms with van der Waals surface area (Å²) in [6.07, 6.45) is 3.84. The molecule has 5 rings (SSSR count). The van der Waals surface area contributed by atoms with Crippen LogP contribution in [0.2, 0.25) is 0 Å². The Morgan fingerprint density at radius 1 is 0.966 bits per heavy atom. The summed E-state index contributed by atoms with van der Waals surface area (Å²) < 4.78 is 6.50. The van der Waals surface area contributed by atoms with Crippen molar-refractivity contribution in [3.05, 3.63) is 83.9 Å². The number of carbonyl (C=O) groups is 1. The number of fused-ring (bicyclic) bond motifs is 2. The average Bonchev–Trinajstić information content (AvgIpc) is 2.74. The highest BCUT2D eigenvalue weighted by atomic mass is 16.5. The molecule has 0 unspecified atom stereocenters. The van der Waals surface area contributed by atoms with Gasteiger partial charge in [0.25, 0.3) is 0 Å². The Morgan fingerprint density at radius 3 is 2.48 bits per heavy atom. The summed E-state index contributed by atoms with van der Waals surface area (Å²) in [5.41, 5.74) is 3.11. The third-order valence-corrected chi connectivity index (χ3v) is 6.02. The predicted molar refractivity (Wildman–Crippen MR) is 114 cm³/mol. The maximum absolute atomic E-state index is 11.1. The van der Waals surface area contributed by atoms with Gasteiger partial charge in [0.2, 0.25) is 0 Å². The topological polar surface area (TPSA) is 49.8 Å². The van der Waals surface area contributed by atoms with E-state index in [1.807, 2.05) is 23.1 Å². The summed E-state index contributed by atoms with van der Waals surface area (Å²) in [6.45, 7) is 1.53. The van der Waals surface area contributed by atoms with Crippen molar-refractivity contribution in [2.75, 3.05) is 19.6 Å². The minimum atomic E-state index is -0.775. The smallest absolute Gasteiger partial charge is 0.317 e. The number of nitrogens with zero attached hydrogens (tertiary/aromatic N) is 1. The lowest BCUT2D eigenvalue weighted by atomic mass is 9.82. The third kappa shape index (κ3) is 3.40. The van der Waals surface area contributed by atoms with E-state index in [9.17, 15) is 4.79 Å². The third-order valence-electron chi connectivity index (χ3n) is 6.02. The monoisotopic (exact) mass is 385 g/mol. The van der Waals surface area contributed by atoms with E-state index in [-0.39, 0.29) is 12.1 Å². The largest absolute Gasteiger partial charge is 0.482 e. The number of rotatable bonds is 3. The fraction of sp³-hybridized carbons (Fsp3) is 0.240. The highest BCUT2D eigenvalue weighted by Gasteiger charge is 2.39. The van der Waals surface area contributed by atoms with Gasteiger partial charge in [0.05, 0.1) is 6.54 Å². The van der Waals surface area contributed by atoms with Crippen LogP contribution in [0.4, 0.5) is 0 Å². The summed E-state index contributed by atoms with van der Waals surface area (Å²) in [7, 11) is 0. The molecular formula is C25H23NO3. The summed E-state index contributed by atoms with van der Waals surface area (Å²) in [5, 5.41) is 11.5. The summed E-state index contributed by atoms with van der Waals surface area (Å²) in [4.78, 5) is 13.0. The van der Waals surface area contributed by atoms with Crippen molar-refractivity contribution >= 4 is 22.3 Å². The van der Waals surface area contributed by atoms with Gasteiger partial charge in [-0.25, -0.2) is 0 Å². The van der Waals surface area contributed by atoms with Crippen LogP contribution in [0.5, 0.6) is 5.75 Å². The number of para-hydroxylation sites is 1. The minimum absolute atomic E-state index is 0.0912. The van der Waals surface area contributed by atoms with E-state index in [4.69, 9.17) is 9.84 Å². The molecule has 0 aromatic heterocycles. The zero-order valence-electron chi connectivity index (χ0n) is 16.2. The Kier molecular flexibility index (Phi) is 4.36. The standard InChI is InChI=1S/C25H23NO3/c27-24(28)17-26-13-11-25(12-14-26)16-22(21-7-3-4-8-23(21)29-25)20-10-9-18-5-1-2-6-19(18)15-20/h1-10,15-16H,11-14,17H2,(H,27,28). The van der Waals surface area contributed by atoms with Crippen LogP contribution in [0, 0.1) is 0 Å². The number of hydrogen-bond donors (Lipinski definition) is 1. The zero-order chi connectivity index (χ0) is 19.8. The molecule has 4 heteroatoms. The van der Waals surface area contributed by atoms with E-state index >= 15 is 0 Å². The SMILES string of the molecule is O=C(O)CN1CCC2(C=C(c3ccc4ccccc4c3)c3ccccc3O2)CC1. The molecule has 0 radical (unpaired) electrons. The quantitative estimate of drug-likeness (QED) is 0.717. The number of ether oxygens (including phenoxy) is 1. The zero-order valence-corrected chi connectivity index (χ0v) is 16.2. The number of benzene rings is 3. The first-order valence-corrected chi connectivity index (χ1v) is 10.1. The van der Waals surface area contributed by atoms with Crippen LogP contribution in [0.25, 0.3) is 16.3 Å². The first-order chi connectivity index (χ1) is 14.1. The van der Waals surface area contributed by atoms with Crippen molar-refractivity contribution in [3.63, 3.8) is 0 Å². The highest BCUT2D eigenvalue weighted by Crippen LogP contribution is 2.43.